The molecular weight excluding hydrogens is 619 g/mol. The van der Waals surface area contributed by atoms with Gasteiger partial charge < -0.3 is 5.32 Å². The van der Waals surface area contributed by atoms with Gasteiger partial charge in [-0.15, -0.1) is 0 Å². The second-order valence-electron chi connectivity index (χ2n) is 14.7. The molecule has 0 saturated carbocycles. The summed E-state index contributed by atoms with van der Waals surface area (Å²) in [7, 11) is 0. The van der Waals surface area contributed by atoms with Gasteiger partial charge in [0.15, 0.2) is 10.7 Å². The van der Waals surface area contributed by atoms with Gasteiger partial charge in [-0.1, -0.05) is 216 Å². The summed E-state index contributed by atoms with van der Waals surface area (Å²) < 4.78 is 0. The third kappa shape index (κ3) is 14.9. The lowest BCUT2D eigenvalue weighted by molar-refractivity contribution is -0.131. The Morgan fingerprint density at radius 1 is 0.531 bits per heavy atom. The quantitative estimate of drug-likeness (QED) is 0.0654. The van der Waals surface area contributed by atoms with Crippen LogP contribution in [0.25, 0.3) is 0 Å². The van der Waals surface area contributed by atoms with E-state index in [0.717, 1.165) is 24.2 Å². The summed E-state index contributed by atoms with van der Waals surface area (Å²) in [5.41, 5.74) is 0.881. The van der Waals surface area contributed by atoms with Gasteiger partial charge in [0.25, 0.3) is 5.91 Å². The Labute approximate surface area is 307 Å². The van der Waals surface area contributed by atoms with Crippen LogP contribution >= 0.6 is 12.2 Å². The lowest BCUT2D eigenvalue weighted by Crippen LogP contribution is -2.46. The number of rotatable bonds is 30. The molecule has 0 bridgehead atoms. The second-order valence-corrected chi connectivity index (χ2v) is 15.1. The van der Waals surface area contributed by atoms with Crippen LogP contribution in [0.15, 0.2) is 60.7 Å². The summed E-state index contributed by atoms with van der Waals surface area (Å²) in [6, 6.07) is 20.2. The molecule has 1 heterocycles. The number of nitrogens with zero attached hydrogens (tertiary/aromatic N) is 2. The van der Waals surface area contributed by atoms with Gasteiger partial charge >= 0.3 is 0 Å². The first-order valence-electron chi connectivity index (χ1n) is 20.6. The zero-order valence-corrected chi connectivity index (χ0v) is 32.4. The van der Waals surface area contributed by atoms with Crippen LogP contribution in [0.5, 0.6) is 0 Å². The van der Waals surface area contributed by atoms with E-state index in [2.05, 4.69) is 24.1 Å². The highest BCUT2D eigenvalue weighted by atomic mass is 32.1. The Bertz CT molecular complexity index is 1060. The normalized spacial score (nSPS) is 14.2. The van der Waals surface area contributed by atoms with E-state index in [-0.39, 0.29) is 5.91 Å². The number of thiocarbonyl (C=S) groups is 1. The van der Waals surface area contributed by atoms with Crippen molar-refractivity contribution in [1.82, 2.24) is 15.1 Å². The highest BCUT2D eigenvalue weighted by molar-refractivity contribution is 7.80. The van der Waals surface area contributed by atoms with Crippen LogP contribution < -0.4 is 5.32 Å². The number of amides is 1. The Kier molecular flexibility index (Phi) is 21.6. The van der Waals surface area contributed by atoms with E-state index in [1.165, 1.54) is 154 Å². The smallest absolute Gasteiger partial charge is 0.264 e. The predicted molar refractivity (Wildman–Crippen MR) is 215 cm³/mol. The molecule has 1 aliphatic heterocycles. The van der Waals surface area contributed by atoms with Crippen molar-refractivity contribution in [2.24, 2.45) is 0 Å². The molecule has 49 heavy (non-hydrogen) atoms. The van der Waals surface area contributed by atoms with E-state index in [1.54, 1.807) is 0 Å². The highest BCUT2D eigenvalue weighted by Crippen LogP contribution is 2.36. The molecule has 1 amide bonds. The average Bonchev–Trinajstić information content (AvgIpc) is 3.38. The largest absolute Gasteiger partial charge is 0.341 e. The van der Waals surface area contributed by atoms with Crippen molar-refractivity contribution in [3.8, 4) is 0 Å². The SMILES string of the molecule is CCCCCCCCCCCCCCN(CCCCCCCCCCCCCC)CN1C(=O)C(c2ccccc2)(c2ccccc2)NC1=S. The fourth-order valence-corrected chi connectivity index (χ4v) is 7.74. The molecule has 4 nitrogen and oxygen atoms in total. The Balaban J connectivity index is 1.50. The van der Waals surface area contributed by atoms with Crippen molar-refractivity contribution in [3.05, 3.63) is 71.8 Å². The maximum absolute atomic E-state index is 14.5. The molecule has 0 aliphatic carbocycles. The highest BCUT2D eigenvalue weighted by Gasteiger charge is 2.52. The van der Waals surface area contributed by atoms with Gasteiger partial charge in [0.2, 0.25) is 0 Å². The van der Waals surface area contributed by atoms with Gasteiger partial charge in [-0.3, -0.25) is 14.6 Å². The molecule has 274 valence electrons. The number of nitrogens with one attached hydrogen (secondary N) is 1. The Morgan fingerprint density at radius 3 is 1.20 bits per heavy atom. The fraction of sp³-hybridized carbons (Fsp3) is 0.682. The topological polar surface area (TPSA) is 35.6 Å². The van der Waals surface area contributed by atoms with Crippen LogP contribution in [-0.4, -0.2) is 40.6 Å². The van der Waals surface area contributed by atoms with Gasteiger partial charge in [-0.2, -0.15) is 0 Å². The second kappa shape index (κ2) is 25.7. The van der Waals surface area contributed by atoms with Crippen LogP contribution in [0, 0.1) is 0 Å². The minimum atomic E-state index is -0.989. The van der Waals surface area contributed by atoms with Crippen molar-refractivity contribution in [2.45, 2.75) is 173 Å². The number of hydrogen-bond donors (Lipinski definition) is 1. The monoisotopic (exact) mass is 690 g/mol. The molecule has 0 radical (unpaired) electrons. The first-order valence-corrected chi connectivity index (χ1v) is 21.0. The molecule has 1 aliphatic rings. The third-order valence-electron chi connectivity index (χ3n) is 10.5. The Hall–Kier alpha value is -2.24. The summed E-state index contributed by atoms with van der Waals surface area (Å²) in [6.07, 6.45) is 32.5. The van der Waals surface area contributed by atoms with Crippen molar-refractivity contribution in [2.75, 3.05) is 19.8 Å². The minimum Gasteiger partial charge on any atom is -0.341 e. The zero-order chi connectivity index (χ0) is 34.8. The standard InChI is InChI=1S/C44H71N3OS/c1-3-5-7-9-11-13-15-17-19-21-23-31-37-46(38-32-24-22-20-18-16-14-12-10-8-6-4-2)39-47-42(48)44(45-43(47)49,40-33-27-25-28-34-40)41-35-29-26-30-36-41/h25-30,33-36H,3-24,31-32,37-39H2,1-2H3,(H,45,49). The third-order valence-corrected chi connectivity index (χ3v) is 10.8. The summed E-state index contributed by atoms with van der Waals surface area (Å²) >= 11 is 5.92. The molecule has 1 fully saturated rings. The fourth-order valence-electron chi connectivity index (χ4n) is 7.44. The minimum absolute atomic E-state index is 0.0317. The molecule has 2 aromatic carbocycles. The van der Waals surface area contributed by atoms with Gasteiger partial charge in [0, 0.05) is 0 Å². The van der Waals surface area contributed by atoms with Crippen molar-refractivity contribution < 1.29 is 4.79 Å². The lowest BCUT2D eigenvalue weighted by atomic mass is 9.83. The first kappa shape index (κ1) is 41.2. The van der Waals surface area contributed by atoms with E-state index < -0.39 is 5.54 Å². The van der Waals surface area contributed by atoms with Gasteiger partial charge in [0.1, 0.15) is 0 Å². The number of carbonyl (C=O) groups is 1. The number of hydrogen-bond acceptors (Lipinski definition) is 3. The number of unbranched alkanes of at least 4 members (excludes halogenated alkanes) is 22. The van der Waals surface area contributed by atoms with Crippen LogP contribution in [0.2, 0.25) is 0 Å². The zero-order valence-electron chi connectivity index (χ0n) is 31.6. The van der Waals surface area contributed by atoms with Crippen molar-refractivity contribution in [3.63, 3.8) is 0 Å². The molecular formula is C44H71N3OS. The average molecular weight is 690 g/mol. The van der Waals surface area contributed by atoms with Crippen LogP contribution in [0.4, 0.5) is 0 Å². The molecule has 3 rings (SSSR count). The van der Waals surface area contributed by atoms with Gasteiger partial charge in [0.05, 0.1) is 6.67 Å². The summed E-state index contributed by atoms with van der Waals surface area (Å²) in [4.78, 5) is 18.8. The predicted octanol–water partition coefficient (Wildman–Crippen LogP) is 12.3. The van der Waals surface area contributed by atoms with E-state index >= 15 is 0 Å². The molecule has 0 atom stereocenters. The van der Waals surface area contributed by atoms with E-state index in [0.29, 0.717) is 11.8 Å². The molecule has 0 unspecified atom stereocenters. The van der Waals surface area contributed by atoms with E-state index in [1.807, 2.05) is 65.6 Å². The van der Waals surface area contributed by atoms with Crippen LogP contribution in [-0.2, 0) is 10.3 Å². The van der Waals surface area contributed by atoms with E-state index in [4.69, 9.17) is 12.2 Å². The number of carbonyl (C=O) groups excluding carboxylic acids is 1. The molecule has 0 aromatic heterocycles. The van der Waals surface area contributed by atoms with Crippen molar-refractivity contribution in [1.29, 1.82) is 0 Å². The maximum Gasteiger partial charge on any atom is 0.264 e. The van der Waals surface area contributed by atoms with E-state index in [9.17, 15) is 4.79 Å². The molecule has 5 heteroatoms. The maximum atomic E-state index is 14.5. The lowest BCUT2D eigenvalue weighted by Gasteiger charge is -2.30. The summed E-state index contributed by atoms with van der Waals surface area (Å²) in [5, 5.41) is 4.05. The molecule has 1 N–H and O–H groups in total. The molecule has 0 spiro atoms. The Morgan fingerprint density at radius 2 is 0.857 bits per heavy atom. The summed E-state index contributed by atoms with van der Waals surface area (Å²) in [5.74, 6) is 0.0317. The van der Waals surface area contributed by atoms with Crippen molar-refractivity contribution >= 4 is 23.2 Å². The summed E-state index contributed by atoms with van der Waals surface area (Å²) in [6.45, 7) is 7.18. The van der Waals surface area contributed by atoms with Crippen LogP contribution in [0.1, 0.15) is 179 Å². The van der Waals surface area contributed by atoms with Gasteiger partial charge in [-0.25, -0.2) is 0 Å². The molecule has 1 saturated heterocycles. The first-order chi connectivity index (χ1) is 24.1. The number of benzene rings is 2. The molecule has 2 aromatic rings. The van der Waals surface area contributed by atoms with Gasteiger partial charge in [-0.05, 0) is 49.3 Å². The van der Waals surface area contributed by atoms with Crippen LogP contribution in [0.3, 0.4) is 0 Å².